The van der Waals surface area contributed by atoms with E-state index in [2.05, 4.69) is 25.3 Å². The van der Waals surface area contributed by atoms with E-state index in [9.17, 15) is 0 Å². The highest BCUT2D eigenvalue weighted by molar-refractivity contribution is 8.04. The Morgan fingerprint density at radius 2 is 1.71 bits per heavy atom. The van der Waals surface area contributed by atoms with Crippen LogP contribution in [0.25, 0.3) is 0 Å². The van der Waals surface area contributed by atoms with E-state index in [4.69, 9.17) is 10.2 Å². The zero-order valence-corrected chi connectivity index (χ0v) is 14.1. The van der Waals surface area contributed by atoms with Crippen molar-refractivity contribution in [1.29, 1.82) is 0 Å². The highest BCUT2D eigenvalue weighted by Crippen LogP contribution is 2.19. The van der Waals surface area contributed by atoms with Gasteiger partial charge in [-0.1, -0.05) is 0 Å². The normalized spacial score (nSPS) is 14.8. The first-order chi connectivity index (χ1) is 8.24. The molecule has 0 saturated carbocycles. The van der Waals surface area contributed by atoms with E-state index in [0.29, 0.717) is 11.0 Å². The molecule has 0 spiro atoms. The van der Waals surface area contributed by atoms with E-state index in [1.807, 2.05) is 23.5 Å². The van der Waals surface area contributed by atoms with Crippen LogP contribution in [0.15, 0.2) is 0 Å². The van der Waals surface area contributed by atoms with Gasteiger partial charge >= 0.3 is 0 Å². The highest BCUT2D eigenvalue weighted by Gasteiger charge is 2.09. The van der Waals surface area contributed by atoms with Gasteiger partial charge in [0.25, 0.3) is 0 Å². The molecule has 0 bridgehead atoms. The van der Waals surface area contributed by atoms with Gasteiger partial charge in [-0.2, -0.15) is 60.5 Å². The van der Waals surface area contributed by atoms with Crippen molar-refractivity contribution in [3.05, 3.63) is 0 Å². The van der Waals surface area contributed by atoms with Gasteiger partial charge in [0.15, 0.2) is 0 Å². The summed E-state index contributed by atoms with van der Waals surface area (Å²) in [6.45, 7) is 0.366. The fourth-order valence-corrected chi connectivity index (χ4v) is 5.01. The number of thiol groups is 2. The van der Waals surface area contributed by atoms with Gasteiger partial charge in [0, 0.05) is 39.3 Å². The molecule has 0 aliphatic carbocycles. The first kappa shape index (κ1) is 18.7. The van der Waals surface area contributed by atoms with Crippen LogP contribution in [0.1, 0.15) is 0 Å². The van der Waals surface area contributed by atoms with Crippen molar-refractivity contribution < 1.29 is 10.2 Å². The van der Waals surface area contributed by atoms with Gasteiger partial charge in [-0.25, -0.2) is 0 Å². The number of hydrogen-bond acceptors (Lipinski definition) is 7. The molecule has 0 aromatic carbocycles. The molecule has 2 atom stereocenters. The quantitative estimate of drug-likeness (QED) is 0.323. The van der Waals surface area contributed by atoms with E-state index in [-0.39, 0.29) is 18.5 Å². The molecule has 0 radical (unpaired) electrons. The SMILES string of the molecule is OCCSC(CO)CSCC(S)CSCCS. The Morgan fingerprint density at radius 1 is 1.00 bits per heavy atom. The molecule has 2 nitrogen and oxygen atoms in total. The summed E-state index contributed by atoms with van der Waals surface area (Å²) in [5, 5.41) is 18.5. The van der Waals surface area contributed by atoms with Gasteiger partial charge < -0.3 is 10.2 Å². The van der Waals surface area contributed by atoms with Gasteiger partial charge in [-0.15, -0.1) is 0 Å². The molecule has 0 heterocycles. The van der Waals surface area contributed by atoms with Crippen LogP contribution in [0.3, 0.4) is 0 Å². The van der Waals surface area contributed by atoms with Gasteiger partial charge in [0.2, 0.25) is 0 Å². The smallest absolute Gasteiger partial charge is 0.0558 e. The average molecular weight is 335 g/mol. The molecule has 7 heteroatoms. The van der Waals surface area contributed by atoms with Crippen molar-refractivity contribution >= 4 is 60.5 Å². The Balaban J connectivity index is 3.45. The largest absolute Gasteiger partial charge is 0.396 e. The van der Waals surface area contributed by atoms with Crippen molar-refractivity contribution in [2.24, 2.45) is 0 Å². The van der Waals surface area contributed by atoms with Crippen LogP contribution in [0, 0.1) is 0 Å². The molecule has 0 aromatic heterocycles. The minimum atomic E-state index is 0.182. The number of hydrogen-bond donors (Lipinski definition) is 4. The first-order valence-electron chi connectivity index (χ1n) is 5.52. The maximum atomic E-state index is 9.14. The molecule has 0 saturated heterocycles. The van der Waals surface area contributed by atoms with Crippen LogP contribution in [-0.4, -0.2) is 68.4 Å². The summed E-state index contributed by atoms with van der Waals surface area (Å²) < 4.78 is 0. The zero-order valence-electron chi connectivity index (χ0n) is 9.83. The molecular weight excluding hydrogens is 312 g/mol. The van der Waals surface area contributed by atoms with E-state index < -0.39 is 0 Å². The lowest BCUT2D eigenvalue weighted by atomic mass is 10.5. The lowest BCUT2D eigenvalue weighted by Gasteiger charge is -2.14. The third-order valence-electron chi connectivity index (χ3n) is 1.81. The second-order valence-electron chi connectivity index (χ2n) is 3.39. The van der Waals surface area contributed by atoms with E-state index in [0.717, 1.165) is 28.8 Å². The first-order valence-corrected chi connectivity index (χ1v) is 10.0. The second-order valence-corrected chi connectivity index (χ2v) is 8.20. The molecule has 0 amide bonds. The molecule has 0 fully saturated rings. The van der Waals surface area contributed by atoms with Crippen molar-refractivity contribution in [1.82, 2.24) is 0 Å². The molecule has 0 aromatic rings. The fourth-order valence-electron chi connectivity index (χ4n) is 1.04. The van der Waals surface area contributed by atoms with Gasteiger partial charge in [-0.05, 0) is 5.75 Å². The van der Waals surface area contributed by atoms with Crippen LogP contribution in [-0.2, 0) is 0 Å². The molecule has 0 rings (SSSR count). The second kappa shape index (κ2) is 14.1. The lowest BCUT2D eigenvalue weighted by Crippen LogP contribution is -2.15. The molecular formula is C10H22O2S5. The Morgan fingerprint density at radius 3 is 2.29 bits per heavy atom. The molecule has 2 unspecified atom stereocenters. The van der Waals surface area contributed by atoms with Crippen LogP contribution >= 0.6 is 60.5 Å². The minimum Gasteiger partial charge on any atom is -0.396 e. The standard InChI is InChI=1S/C10H22O2S5/c11-1-3-17-10(5-12)8-16-7-9(14)6-15-4-2-13/h9-14H,1-8H2. The summed E-state index contributed by atoms with van der Waals surface area (Å²) in [5.74, 6) is 5.70. The van der Waals surface area contributed by atoms with E-state index >= 15 is 0 Å². The maximum Gasteiger partial charge on any atom is 0.0558 e. The van der Waals surface area contributed by atoms with Crippen molar-refractivity contribution in [3.63, 3.8) is 0 Å². The molecule has 0 aliphatic heterocycles. The van der Waals surface area contributed by atoms with E-state index in [1.165, 1.54) is 0 Å². The number of rotatable bonds is 12. The van der Waals surface area contributed by atoms with Gasteiger partial charge in [0.05, 0.1) is 13.2 Å². The van der Waals surface area contributed by atoms with Crippen molar-refractivity contribution in [2.45, 2.75) is 10.5 Å². The summed E-state index contributed by atoms with van der Waals surface area (Å²) in [5.41, 5.74) is 0. The van der Waals surface area contributed by atoms with Gasteiger partial charge in [-0.3, -0.25) is 0 Å². The molecule has 2 N–H and O–H groups in total. The minimum absolute atomic E-state index is 0.182. The predicted octanol–water partition coefficient (Wildman–Crippen LogP) is 1.77. The predicted molar refractivity (Wildman–Crippen MR) is 91.7 cm³/mol. The third-order valence-corrected chi connectivity index (χ3v) is 7.02. The van der Waals surface area contributed by atoms with Crippen LogP contribution < -0.4 is 0 Å². The van der Waals surface area contributed by atoms with Crippen molar-refractivity contribution in [3.8, 4) is 0 Å². The Bertz CT molecular complexity index is 162. The molecule has 104 valence electrons. The van der Waals surface area contributed by atoms with Crippen molar-refractivity contribution in [2.75, 3.05) is 47.7 Å². The summed E-state index contributed by atoms with van der Waals surface area (Å²) in [4.78, 5) is 0. The molecule has 0 aliphatic rings. The summed E-state index contributed by atoms with van der Waals surface area (Å²) >= 11 is 14.0. The number of aliphatic hydroxyl groups excluding tert-OH is 2. The number of aliphatic hydroxyl groups is 2. The fraction of sp³-hybridized carbons (Fsp3) is 1.00. The van der Waals surface area contributed by atoms with Crippen LogP contribution in [0.2, 0.25) is 0 Å². The molecule has 17 heavy (non-hydrogen) atoms. The van der Waals surface area contributed by atoms with E-state index in [1.54, 1.807) is 11.8 Å². The van der Waals surface area contributed by atoms with Crippen LogP contribution in [0.5, 0.6) is 0 Å². The monoisotopic (exact) mass is 334 g/mol. The summed E-state index contributed by atoms with van der Waals surface area (Å²) in [6.07, 6.45) is 0. The lowest BCUT2D eigenvalue weighted by molar-refractivity contribution is 0.300. The zero-order chi connectivity index (χ0) is 12.9. The Labute approximate surface area is 128 Å². The maximum absolute atomic E-state index is 9.14. The third kappa shape index (κ3) is 12.4. The Hall–Kier alpha value is 1.67. The topological polar surface area (TPSA) is 40.5 Å². The Kier molecular flexibility index (Phi) is 15.5. The highest BCUT2D eigenvalue weighted by atomic mass is 32.2. The average Bonchev–Trinajstić information content (AvgIpc) is 2.34. The number of thioether (sulfide) groups is 3. The summed E-state index contributed by atoms with van der Waals surface area (Å²) in [7, 11) is 0. The van der Waals surface area contributed by atoms with Crippen LogP contribution in [0.4, 0.5) is 0 Å². The summed E-state index contributed by atoms with van der Waals surface area (Å²) in [6, 6.07) is 0. The van der Waals surface area contributed by atoms with Gasteiger partial charge in [0.1, 0.15) is 0 Å².